The third kappa shape index (κ3) is 4.74. The Balaban J connectivity index is 0.00000225. The van der Waals surface area contributed by atoms with E-state index in [9.17, 15) is 0 Å². The number of aliphatic imine (C=N–C) groups is 1. The van der Waals surface area contributed by atoms with Crippen LogP contribution in [0, 0.1) is 0 Å². The van der Waals surface area contributed by atoms with Crippen LogP contribution in [0.25, 0.3) is 0 Å². The lowest BCUT2D eigenvalue weighted by Gasteiger charge is -2.09. The molecule has 1 N–H and O–H groups in total. The van der Waals surface area contributed by atoms with E-state index in [1.54, 1.807) is 18.8 Å². The Bertz CT molecular complexity index is 333. The third-order valence-electron chi connectivity index (χ3n) is 2.23. The van der Waals surface area contributed by atoms with Crippen molar-refractivity contribution in [3.05, 3.63) is 29.8 Å². The highest BCUT2D eigenvalue weighted by molar-refractivity contribution is 14.0. The van der Waals surface area contributed by atoms with Crippen LogP contribution in [0.15, 0.2) is 29.3 Å². The number of nitrogens with one attached hydrogen (secondary N) is 1. The van der Waals surface area contributed by atoms with Crippen LogP contribution in [0.4, 0.5) is 5.69 Å². The lowest BCUT2D eigenvalue weighted by molar-refractivity contribution is 0.867. The van der Waals surface area contributed by atoms with Gasteiger partial charge in [-0.2, -0.15) is 0 Å². The van der Waals surface area contributed by atoms with Crippen LogP contribution in [-0.4, -0.2) is 18.5 Å². The van der Waals surface area contributed by atoms with Gasteiger partial charge in [-0.3, -0.25) is 4.99 Å². The van der Waals surface area contributed by atoms with Crippen molar-refractivity contribution >= 4 is 46.6 Å². The number of hydrogen-bond donors (Lipinski definition) is 1. The number of hydrogen-bond acceptors (Lipinski definition) is 2. The first-order valence-corrected chi connectivity index (χ1v) is 6.27. The number of anilines is 1. The second-order valence-electron chi connectivity index (χ2n) is 3.63. The summed E-state index contributed by atoms with van der Waals surface area (Å²) in [6, 6.07) is 8.49. The standard InChI is InChI=1S/C12H18N2S.HI/c1-9(2)10-5-7-11(8-6-10)14-12(13-3)15-4;/h5-9H,1-4H3,(H,13,14);1H. The van der Waals surface area contributed by atoms with Crippen LogP contribution in [-0.2, 0) is 0 Å². The Hall–Kier alpha value is -0.230. The van der Waals surface area contributed by atoms with Gasteiger partial charge in [-0.1, -0.05) is 37.7 Å². The van der Waals surface area contributed by atoms with Crippen LogP contribution >= 0.6 is 35.7 Å². The van der Waals surface area contributed by atoms with E-state index < -0.39 is 0 Å². The number of thioether (sulfide) groups is 1. The van der Waals surface area contributed by atoms with Crippen molar-refractivity contribution < 1.29 is 0 Å². The first-order chi connectivity index (χ1) is 7.17. The maximum Gasteiger partial charge on any atom is 0.160 e. The summed E-state index contributed by atoms with van der Waals surface area (Å²) in [7, 11) is 1.79. The lowest BCUT2D eigenvalue weighted by atomic mass is 10.0. The molecule has 4 heteroatoms. The van der Waals surface area contributed by atoms with Crippen molar-refractivity contribution in [1.29, 1.82) is 0 Å². The quantitative estimate of drug-likeness (QED) is 0.491. The van der Waals surface area contributed by atoms with Crippen molar-refractivity contribution in [2.75, 3.05) is 18.6 Å². The van der Waals surface area contributed by atoms with E-state index in [4.69, 9.17) is 0 Å². The Morgan fingerprint density at radius 3 is 2.19 bits per heavy atom. The van der Waals surface area contributed by atoms with Crippen molar-refractivity contribution in [3.8, 4) is 0 Å². The van der Waals surface area contributed by atoms with Gasteiger partial charge < -0.3 is 5.32 Å². The molecule has 0 saturated heterocycles. The molecule has 0 heterocycles. The molecule has 0 aliphatic carbocycles. The van der Waals surface area contributed by atoms with Gasteiger partial charge in [-0.05, 0) is 29.9 Å². The largest absolute Gasteiger partial charge is 0.335 e. The highest BCUT2D eigenvalue weighted by atomic mass is 127. The van der Waals surface area contributed by atoms with E-state index in [1.165, 1.54) is 5.56 Å². The molecule has 1 aromatic carbocycles. The summed E-state index contributed by atoms with van der Waals surface area (Å²) in [6.45, 7) is 4.40. The van der Waals surface area contributed by atoms with E-state index in [1.807, 2.05) is 6.26 Å². The van der Waals surface area contributed by atoms with Gasteiger partial charge in [0.25, 0.3) is 0 Å². The minimum absolute atomic E-state index is 0. The molecule has 0 aliphatic rings. The zero-order chi connectivity index (χ0) is 11.3. The molecule has 0 amide bonds. The summed E-state index contributed by atoms with van der Waals surface area (Å²) in [5.74, 6) is 0.582. The molecule has 0 aliphatic heterocycles. The second-order valence-corrected chi connectivity index (χ2v) is 4.43. The van der Waals surface area contributed by atoms with Crippen LogP contribution in [0.3, 0.4) is 0 Å². The molecule has 0 saturated carbocycles. The minimum atomic E-state index is 0. The SMILES string of the molecule is CN=C(Nc1ccc(C(C)C)cc1)SC.I. The zero-order valence-corrected chi connectivity index (χ0v) is 13.3. The average Bonchev–Trinajstić information content (AvgIpc) is 2.26. The molecule has 1 rings (SSSR count). The fourth-order valence-corrected chi connectivity index (χ4v) is 1.68. The first-order valence-electron chi connectivity index (χ1n) is 5.05. The van der Waals surface area contributed by atoms with Crippen molar-refractivity contribution in [3.63, 3.8) is 0 Å². The predicted molar refractivity (Wildman–Crippen MR) is 86.4 cm³/mol. The molecule has 2 nitrogen and oxygen atoms in total. The van der Waals surface area contributed by atoms with Crippen LogP contribution in [0.1, 0.15) is 25.3 Å². The molecule has 1 aromatic rings. The topological polar surface area (TPSA) is 24.4 Å². The highest BCUT2D eigenvalue weighted by Gasteiger charge is 2.00. The first kappa shape index (κ1) is 15.8. The fourth-order valence-electron chi connectivity index (χ4n) is 1.27. The van der Waals surface area contributed by atoms with Gasteiger partial charge in [0, 0.05) is 12.7 Å². The number of halogens is 1. The summed E-state index contributed by atoms with van der Waals surface area (Å²) >= 11 is 1.61. The number of nitrogens with zero attached hydrogens (tertiary/aromatic N) is 1. The Labute approximate surface area is 119 Å². The van der Waals surface area contributed by atoms with E-state index in [0.29, 0.717) is 5.92 Å². The van der Waals surface area contributed by atoms with Crippen molar-refractivity contribution in [2.45, 2.75) is 19.8 Å². The summed E-state index contributed by atoms with van der Waals surface area (Å²) in [6.07, 6.45) is 2.01. The molecule has 90 valence electrons. The molecular weight excluding hydrogens is 331 g/mol. The smallest absolute Gasteiger partial charge is 0.160 e. The summed E-state index contributed by atoms with van der Waals surface area (Å²) in [5, 5.41) is 4.19. The van der Waals surface area contributed by atoms with Crippen molar-refractivity contribution in [1.82, 2.24) is 0 Å². The van der Waals surface area contributed by atoms with E-state index in [-0.39, 0.29) is 24.0 Å². The number of amidine groups is 1. The number of benzene rings is 1. The summed E-state index contributed by atoms with van der Waals surface area (Å²) in [4.78, 5) is 4.13. The minimum Gasteiger partial charge on any atom is -0.335 e. The normalized spacial score (nSPS) is 11.2. The average molecular weight is 350 g/mol. The third-order valence-corrected chi connectivity index (χ3v) is 2.90. The van der Waals surface area contributed by atoms with Gasteiger partial charge in [0.05, 0.1) is 0 Å². The monoisotopic (exact) mass is 350 g/mol. The van der Waals surface area contributed by atoms with Gasteiger partial charge in [-0.25, -0.2) is 0 Å². The zero-order valence-electron chi connectivity index (χ0n) is 10.2. The Morgan fingerprint density at radius 2 is 1.81 bits per heavy atom. The molecule has 0 bridgehead atoms. The van der Waals surface area contributed by atoms with Gasteiger partial charge in [0.15, 0.2) is 5.17 Å². The second kappa shape index (κ2) is 7.95. The van der Waals surface area contributed by atoms with Gasteiger partial charge >= 0.3 is 0 Å². The Kier molecular flexibility index (Phi) is 7.83. The van der Waals surface area contributed by atoms with Gasteiger partial charge in [0.1, 0.15) is 0 Å². The maximum atomic E-state index is 4.13. The molecular formula is C12H19IN2S. The molecule has 0 fully saturated rings. The highest BCUT2D eigenvalue weighted by Crippen LogP contribution is 2.17. The van der Waals surface area contributed by atoms with Crippen LogP contribution in [0.5, 0.6) is 0 Å². The Morgan fingerprint density at radius 1 is 1.25 bits per heavy atom. The lowest BCUT2D eigenvalue weighted by Crippen LogP contribution is -2.06. The van der Waals surface area contributed by atoms with E-state index >= 15 is 0 Å². The summed E-state index contributed by atoms with van der Waals surface area (Å²) in [5.41, 5.74) is 2.45. The van der Waals surface area contributed by atoms with Crippen molar-refractivity contribution in [2.24, 2.45) is 4.99 Å². The van der Waals surface area contributed by atoms with Crippen LogP contribution in [0.2, 0.25) is 0 Å². The molecule has 0 spiro atoms. The number of rotatable bonds is 2. The van der Waals surface area contributed by atoms with E-state index in [0.717, 1.165) is 10.9 Å². The molecule has 0 aromatic heterocycles. The van der Waals surface area contributed by atoms with E-state index in [2.05, 4.69) is 48.4 Å². The predicted octanol–water partition coefficient (Wildman–Crippen LogP) is 4.19. The van der Waals surface area contributed by atoms with Gasteiger partial charge in [-0.15, -0.1) is 24.0 Å². The molecule has 0 atom stereocenters. The maximum absolute atomic E-state index is 4.13. The summed E-state index contributed by atoms with van der Waals surface area (Å²) < 4.78 is 0. The van der Waals surface area contributed by atoms with Gasteiger partial charge in [0.2, 0.25) is 0 Å². The molecule has 0 unspecified atom stereocenters. The molecule has 0 radical (unpaired) electrons. The molecule has 16 heavy (non-hydrogen) atoms. The van der Waals surface area contributed by atoms with Crippen LogP contribution < -0.4 is 5.32 Å². The fraction of sp³-hybridized carbons (Fsp3) is 0.417.